The van der Waals surface area contributed by atoms with Crippen LogP contribution < -0.4 is 0 Å². The molecular formula is C16H25NO2. The lowest BCUT2D eigenvalue weighted by Crippen LogP contribution is -2.22. The Labute approximate surface area is 116 Å². The molecule has 19 heavy (non-hydrogen) atoms. The molecule has 1 aromatic rings. The first-order chi connectivity index (χ1) is 9.15. The van der Waals surface area contributed by atoms with E-state index in [9.17, 15) is 4.79 Å². The number of unbranched alkanes of at least 4 members (excludes halogenated alkanes) is 5. The van der Waals surface area contributed by atoms with Gasteiger partial charge in [-0.3, -0.25) is 10.0 Å². The van der Waals surface area contributed by atoms with Crippen LogP contribution in [0, 0.1) is 0 Å². The third kappa shape index (κ3) is 5.88. The van der Waals surface area contributed by atoms with Gasteiger partial charge < -0.3 is 0 Å². The van der Waals surface area contributed by atoms with Crippen LogP contribution in [0.4, 0.5) is 0 Å². The number of carbonyl (C=O) groups is 1. The smallest absolute Gasteiger partial charge is 0.276 e. The average molecular weight is 263 g/mol. The molecule has 0 aliphatic carbocycles. The zero-order valence-corrected chi connectivity index (χ0v) is 12.1. The fourth-order valence-electron chi connectivity index (χ4n) is 2.11. The van der Waals surface area contributed by atoms with E-state index in [0.717, 1.165) is 6.42 Å². The lowest BCUT2D eigenvalue weighted by atomic mass is 10.0. The van der Waals surface area contributed by atoms with Crippen LogP contribution in [0.25, 0.3) is 0 Å². The molecule has 3 nitrogen and oxygen atoms in total. The van der Waals surface area contributed by atoms with Crippen LogP contribution in [0.1, 0.15) is 61.4 Å². The van der Waals surface area contributed by atoms with Crippen LogP contribution in [0.3, 0.4) is 0 Å². The quantitative estimate of drug-likeness (QED) is 0.436. The molecule has 106 valence electrons. The monoisotopic (exact) mass is 263 g/mol. The Morgan fingerprint density at radius 2 is 1.63 bits per heavy atom. The van der Waals surface area contributed by atoms with Gasteiger partial charge in [0.15, 0.2) is 0 Å². The van der Waals surface area contributed by atoms with E-state index in [-0.39, 0.29) is 5.91 Å². The molecule has 0 spiro atoms. The van der Waals surface area contributed by atoms with E-state index >= 15 is 0 Å². The summed E-state index contributed by atoms with van der Waals surface area (Å²) >= 11 is 0. The molecule has 0 unspecified atom stereocenters. The standard InChI is InChI=1S/C16H25NO2/c1-3-4-5-6-7-8-9-14-10-12-15(13-11-14)16(18)17(2)19/h10-13,19H,3-9H2,1-2H3. The van der Waals surface area contributed by atoms with Gasteiger partial charge in [0.2, 0.25) is 0 Å². The lowest BCUT2D eigenvalue weighted by molar-refractivity contribution is -0.0374. The second-order valence-electron chi connectivity index (χ2n) is 5.04. The Morgan fingerprint density at radius 3 is 2.21 bits per heavy atom. The Bertz CT molecular complexity index is 371. The first-order valence-electron chi connectivity index (χ1n) is 7.21. The minimum absolute atomic E-state index is 0.369. The molecule has 0 bridgehead atoms. The molecule has 0 radical (unpaired) electrons. The van der Waals surface area contributed by atoms with Crippen LogP contribution in [0.5, 0.6) is 0 Å². The van der Waals surface area contributed by atoms with Gasteiger partial charge in [-0.1, -0.05) is 51.2 Å². The van der Waals surface area contributed by atoms with Gasteiger partial charge in [0.1, 0.15) is 0 Å². The number of amides is 1. The summed E-state index contributed by atoms with van der Waals surface area (Å²) in [5, 5.41) is 9.69. The maximum atomic E-state index is 11.5. The van der Waals surface area contributed by atoms with Crippen molar-refractivity contribution in [1.82, 2.24) is 5.06 Å². The molecule has 1 aromatic carbocycles. The highest BCUT2D eigenvalue weighted by Crippen LogP contribution is 2.11. The van der Waals surface area contributed by atoms with Crippen molar-refractivity contribution in [3.63, 3.8) is 0 Å². The highest BCUT2D eigenvalue weighted by atomic mass is 16.5. The largest absolute Gasteiger partial charge is 0.286 e. The number of hydrogen-bond donors (Lipinski definition) is 1. The van der Waals surface area contributed by atoms with Crippen LogP contribution in [-0.2, 0) is 6.42 Å². The Balaban J connectivity index is 2.30. The topological polar surface area (TPSA) is 40.5 Å². The second kappa shape index (κ2) is 8.70. The minimum Gasteiger partial charge on any atom is -0.286 e. The van der Waals surface area contributed by atoms with Crippen molar-refractivity contribution in [3.8, 4) is 0 Å². The first-order valence-corrected chi connectivity index (χ1v) is 7.21. The predicted octanol–water partition coefficient (Wildman–Crippen LogP) is 4.05. The summed E-state index contributed by atoms with van der Waals surface area (Å²) in [4.78, 5) is 11.5. The van der Waals surface area contributed by atoms with Gasteiger partial charge in [-0.2, -0.15) is 0 Å². The van der Waals surface area contributed by atoms with Gasteiger partial charge in [-0.15, -0.1) is 0 Å². The number of carbonyl (C=O) groups excluding carboxylic acids is 1. The van der Waals surface area contributed by atoms with E-state index in [4.69, 9.17) is 5.21 Å². The zero-order valence-electron chi connectivity index (χ0n) is 12.1. The second-order valence-corrected chi connectivity index (χ2v) is 5.04. The van der Waals surface area contributed by atoms with Crippen LogP contribution in [0.15, 0.2) is 24.3 Å². The molecule has 3 heteroatoms. The van der Waals surface area contributed by atoms with Crippen molar-refractivity contribution in [2.75, 3.05) is 7.05 Å². The Morgan fingerprint density at radius 1 is 1.05 bits per heavy atom. The SMILES string of the molecule is CCCCCCCCc1ccc(C(=O)N(C)O)cc1. The van der Waals surface area contributed by atoms with Crippen molar-refractivity contribution in [1.29, 1.82) is 0 Å². The summed E-state index contributed by atoms with van der Waals surface area (Å²) < 4.78 is 0. The van der Waals surface area contributed by atoms with Gasteiger partial charge >= 0.3 is 0 Å². The first kappa shape index (κ1) is 15.7. The maximum absolute atomic E-state index is 11.5. The number of rotatable bonds is 8. The molecule has 1 N–H and O–H groups in total. The van der Waals surface area contributed by atoms with Gasteiger partial charge in [-0.25, -0.2) is 5.06 Å². The van der Waals surface area contributed by atoms with Crippen LogP contribution in [-0.4, -0.2) is 23.2 Å². The van der Waals surface area contributed by atoms with E-state index in [2.05, 4.69) is 6.92 Å². The van der Waals surface area contributed by atoms with E-state index < -0.39 is 0 Å². The molecule has 1 rings (SSSR count). The van der Waals surface area contributed by atoms with Crippen molar-refractivity contribution in [2.45, 2.75) is 51.9 Å². The van der Waals surface area contributed by atoms with Crippen molar-refractivity contribution >= 4 is 5.91 Å². The highest BCUT2D eigenvalue weighted by Gasteiger charge is 2.08. The van der Waals surface area contributed by atoms with Gasteiger partial charge in [0, 0.05) is 12.6 Å². The van der Waals surface area contributed by atoms with Gasteiger partial charge in [0.05, 0.1) is 0 Å². The number of benzene rings is 1. The van der Waals surface area contributed by atoms with Gasteiger partial charge in [0.25, 0.3) is 5.91 Å². The van der Waals surface area contributed by atoms with Gasteiger partial charge in [-0.05, 0) is 30.5 Å². The number of hydrogen-bond acceptors (Lipinski definition) is 2. The minimum atomic E-state index is -0.369. The van der Waals surface area contributed by atoms with E-state index in [1.807, 2.05) is 12.1 Å². The summed E-state index contributed by atoms with van der Waals surface area (Å²) in [7, 11) is 1.34. The fourth-order valence-corrected chi connectivity index (χ4v) is 2.11. The molecule has 0 saturated carbocycles. The molecule has 0 heterocycles. The van der Waals surface area contributed by atoms with Crippen molar-refractivity contribution in [3.05, 3.63) is 35.4 Å². The number of aryl methyl sites for hydroxylation is 1. The molecule has 0 atom stereocenters. The average Bonchev–Trinajstić information content (AvgIpc) is 2.42. The van der Waals surface area contributed by atoms with E-state index in [1.165, 1.54) is 51.1 Å². The molecule has 0 aliphatic rings. The number of nitrogens with zero attached hydrogens (tertiary/aromatic N) is 1. The number of hydroxylamine groups is 2. The molecule has 0 fully saturated rings. The third-order valence-corrected chi connectivity index (χ3v) is 3.31. The molecule has 0 aliphatic heterocycles. The Kier molecular flexibility index (Phi) is 7.19. The summed E-state index contributed by atoms with van der Waals surface area (Å²) in [6.45, 7) is 2.23. The molecule has 0 aromatic heterocycles. The molecular weight excluding hydrogens is 238 g/mol. The zero-order chi connectivity index (χ0) is 14.1. The predicted molar refractivity (Wildman–Crippen MR) is 77.4 cm³/mol. The van der Waals surface area contributed by atoms with E-state index in [1.54, 1.807) is 12.1 Å². The van der Waals surface area contributed by atoms with Crippen LogP contribution >= 0.6 is 0 Å². The highest BCUT2D eigenvalue weighted by molar-refractivity contribution is 5.93. The maximum Gasteiger partial charge on any atom is 0.276 e. The molecule has 1 amide bonds. The van der Waals surface area contributed by atoms with Crippen molar-refractivity contribution in [2.24, 2.45) is 0 Å². The van der Waals surface area contributed by atoms with Crippen LogP contribution in [0.2, 0.25) is 0 Å². The Hall–Kier alpha value is -1.35. The molecule has 0 saturated heterocycles. The fraction of sp³-hybridized carbons (Fsp3) is 0.562. The van der Waals surface area contributed by atoms with Crippen molar-refractivity contribution < 1.29 is 10.0 Å². The summed E-state index contributed by atoms with van der Waals surface area (Å²) in [6, 6.07) is 7.51. The lowest BCUT2D eigenvalue weighted by Gasteiger charge is -2.08. The van der Waals surface area contributed by atoms with E-state index in [0.29, 0.717) is 10.6 Å². The summed E-state index contributed by atoms with van der Waals surface area (Å²) in [5.74, 6) is -0.369. The third-order valence-electron chi connectivity index (χ3n) is 3.31. The summed E-state index contributed by atoms with van der Waals surface area (Å²) in [6.07, 6.45) is 8.83. The normalized spacial score (nSPS) is 10.5. The summed E-state index contributed by atoms with van der Waals surface area (Å²) in [5.41, 5.74) is 1.78.